The average molecular weight is 464 g/mol. The van der Waals surface area contributed by atoms with Crippen LogP contribution in [0, 0.1) is 11.7 Å². The lowest BCUT2D eigenvalue weighted by atomic mass is 10.1. The van der Waals surface area contributed by atoms with Gasteiger partial charge in [0.15, 0.2) is 0 Å². The summed E-state index contributed by atoms with van der Waals surface area (Å²) >= 11 is 0. The molecule has 1 heterocycles. The molecule has 0 radical (unpaired) electrons. The van der Waals surface area contributed by atoms with E-state index in [1.54, 1.807) is 12.1 Å². The van der Waals surface area contributed by atoms with E-state index in [1.807, 2.05) is 12.3 Å². The molecular weight excluding hydrogens is 421 g/mol. The van der Waals surface area contributed by atoms with Crippen molar-refractivity contribution in [1.29, 1.82) is 0 Å². The fraction of sp³-hybridized carbons (Fsp3) is 0.500. The van der Waals surface area contributed by atoms with Gasteiger partial charge in [0.2, 0.25) is 0 Å². The van der Waals surface area contributed by atoms with Crippen molar-refractivity contribution in [3.63, 3.8) is 0 Å². The lowest BCUT2D eigenvalue weighted by Crippen LogP contribution is -2.26. The Bertz CT molecular complexity index is 991. The van der Waals surface area contributed by atoms with E-state index in [0.29, 0.717) is 5.92 Å². The van der Waals surface area contributed by atoms with Gasteiger partial charge in [-0.1, -0.05) is 76.9 Å². The van der Waals surface area contributed by atoms with Gasteiger partial charge in [-0.3, -0.25) is 4.90 Å². The molecule has 0 aliphatic heterocycles. The number of imidazole rings is 1. The van der Waals surface area contributed by atoms with Gasteiger partial charge in [0.05, 0.1) is 11.9 Å². The third-order valence-electron chi connectivity index (χ3n) is 6.41. The molecule has 2 aromatic carbocycles. The molecule has 184 valence electrons. The van der Waals surface area contributed by atoms with Crippen LogP contribution in [0.4, 0.5) is 4.39 Å². The molecule has 0 saturated heterocycles. The van der Waals surface area contributed by atoms with Crippen LogP contribution in [0.1, 0.15) is 76.6 Å². The quantitative estimate of drug-likeness (QED) is 0.242. The van der Waals surface area contributed by atoms with Gasteiger partial charge in [0, 0.05) is 25.2 Å². The largest absolute Gasteiger partial charge is 0.327 e. The molecule has 0 saturated carbocycles. The molecule has 3 rings (SSSR count). The van der Waals surface area contributed by atoms with Crippen LogP contribution in [0.15, 0.2) is 54.7 Å². The fourth-order valence-electron chi connectivity index (χ4n) is 4.30. The van der Waals surface area contributed by atoms with Crippen LogP contribution in [-0.4, -0.2) is 21.0 Å². The Morgan fingerprint density at radius 3 is 2.35 bits per heavy atom. The molecule has 0 amide bonds. The van der Waals surface area contributed by atoms with E-state index < -0.39 is 0 Å². The molecule has 3 aromatic rings. The second-order valence-electron chi connectivity index (χ2n) is 9.90. The summed E-state index contributed by atoms with van der Waals surface area (Å²) in [5.41, 5.74) is 4.83. The van der Waals surface area contributed by atoms with Crippen molar-refractivity contribution < 1.29 is 4.39 Å². The van der Waals surface area contributed by atoms with Crippen molar-refractivity contribution in [1.82, 2.24) is 14.5 Å². The molecular formula is C30H42FN3. The molecule has 0 aliphatic rings. The molecule has 1 aromatic heterocycles. The zero-order valence-electron chi connectivity index (χ0n) is 21.6. The second-order valence-corrected chi connectivity index (χ2v) is 9.90. The van der Waals surface area contributed by atoms with Crippen molar-refractivity contribution in [2.75, 3.05) is 6.54 Å². The van der Waals surface area contributed by atoms with E-state index in [9.17, 15) is 4.39 Å². The van der Waals surface area contributed by atoms with E-state index in [0.717, 1.165) is 63.3 Å². The van der Waals surface area contributed by atoms with Gasteiger partial charge < -0.3 is 4.57 Å². The first-order valence-electron chi connectivity index (χ1n) is 13.1. The van der Waals surface area contributed by atoms with Crippen LogP contribution in [-0.2, 0) is 26.1 Å². The fourth-order valence-corrected chi connectivity index (χ4v) is 4.30. The first-order valence-corrected chi connectivity index (χ1v) is 13.1. The minimum Gasteiger partial charge on any atom is -0.327 e. The van der Waals surface area contributed by atoms with Gasteiger partial charge in [0.25, 0.3) is 0 Å². The van der Waals surface area contributed by atoms with Gasteiger partial charge in [-0.25, -0.2) is 9.37 Å². The van der Waals surface area contributed by atoms with Crippen molar-refractivity contribution >= 4 is 0 Å². The van der Waals surface area contributed by atoms with E-state index in [4.69, 9.17) is 4.98 Å². The number of hydrogen-bond acceptors (Lipinski definition) is 2. The Balaban J connectivity index is 1.82. The standard InChI is InChI=1S/C30H42FN3/c1-5-7-10-25-13-15-26(16-14-25)22-33(19-17-24(3)4)23-29-21-32-30(34(29)18-8-6-2)27-11-9-12-28(31)20-27/h9,11-16,20-21,24H,5-8,10,17-19,22-23H2,1-4H3. The molecule has 3 nitrogen and oxygen atoms in total. The SMILES string of the molecule is CCCCc1ccc(CN(CCC(C)C)Cc2cnc(-c3cccc(F)c3)n2CCCC)cc1. The van der Waals surface area contributed by atoms with Gasteiger partial charge in [0.1, 0.15) is 11.6 Å². The number of unbranched alkanes of at least 4 members (excludes halogenated alkanes) is 2. The van der Waals surface area contributed by atoms with Crippen LogP contribution in [0.3, 0.4) is 0 Å². The van der Waals surface area contributed by atoms with E-state index in [-0.39, 0.29) is 5.82 Å². The summed E-state index contributed by atoms with van der Waals surface area (Å²) < 4.78 is 16.2. The number of aryl methyl sites for hydroxylation is 1. The van der Waals surface area contributed by atoms with Gasteiger partial charge >= 0.3 is 0 Å². The number of hydrogen-bond donors (Lipinski definition) is 0. The minimum atomic E-state index is -0.218. The van der Waals surface area contributed by atoms with Crippen molar-refractivity contribution in [2.24, 2.45) is 5.92 Å². The summed E-state index contributed by atoms with van der Waals surface area (Å²) in [5.74, 6) is 1.31. The number of nitrogens with zero attached hydrogens (tertiary/aromatic N) is 3. The van der Waals surface area contributed by atoms with Crippen molar-refractivity contribution in [2.45, 2.75) is 85.9 Å². The maximum absolute atomic E-state index is 13.9. The molecule has 0 spiro atoms. The van der Waals surface area contributed by atoms with Crippen molar-refractivity contribution in [3.05, 3.63) is 77.4 Å². The number of benzene rings is 2. The first kappa shape index (κ1) is 26.2. The highest BCUT2D eigenvalue weighted by Gasteiger charge is 2.16. The number of rotatable bonds is 14. The zero-order chi connectivity index (χ0) is 24.3. The third-order valence-corrected chi connectivity index (χ3v) is 6.41. The Kier molecular flexibility index (Phi) is 10.3. The maximum Gasteiger partial charge on any atom is 0.140 e. The Labute approximate surface area is 206 Å². The van der Waals surface area contributed by atoms with Gasteiger partial charge in [-0.2, -0.15) is 0 Å². The summed E-state index contributed by atoms with van der Waals surface area (Å²) in [5, 5.41) is 0. The summed E-state index contributed by atoms with van der Waals surface area (Å²) in [6.45, 7) is 12.7. The highest BCUT2D eigenvalue weighted by atomic mass is 19.1. The average Bonchev–Trinajstić information content (AvgIpc) is 3.23. The van der Waals surface area contributed by atoms with E-state index in [1.165, 1.54) is 35.7 Å². The van der Waals surface area contributed by atoms with Gasteiger partial charge in [-0.05, 0) is 61.4 Å². The predicted molar refractivity (Wildman–Crippen MR) is 141 cm³/mol. The lowest BCUT2D eigenvalue weighted by Gasteiger charge is -2.24. The molecule has 0 fully saturated rings. The van der Waals surface area contributed by atoms with Crippen LogP contribution >= 0.6 is 0 Å². The predicted octanol–water partition coefficient (Wildman–Crippen LogP) is 7.88. The molecule has 0 N–H and O–H groups in total. The second kappa shape index (κ2) is 13.4. The highest BCUT2D eigenvalue weighted by molar-refractivity contribution is 5.56. The topological polar surface area (TPSA) is 21.1 Å². The molecule has 0 bridgehead atoms. The molecule has 4 heteroatoms. The highest BCUT2D eigenvalue weighted by Crippen LogP contribution is 2.23. The van der Waals surface area contributed by atoms with Crippen LogP contribution in [0.25, 0.3) is 11.4 Å². The normalized spacial score (nSPS) is 11.6. The lowest BCUT2D eigenvalue weighted by molar-refractivity contribution is 0.235. The van der Waals surface area contributed by atoms with Gasteiger partial charge in [-0.15, -0.1) is 0 Å². The summed E-state index contributed by atoms with van der Waals surface area (Å²) in [4.78, 5) is 7.28. The Morgan fingerprint density at radius 1 is 0.941 bits per heavy atom. The van der Waals surface area contributed by atoms with Crippen LogP contribution in [0.2, 0.25) is 0 Å². The number of halogens is 1. The smallest absolute Gasteiger partial charge is 0.140 e. The van der Waals surface area contributed by atoms with E-state index >= 15 is 0 Å². The van der Waals surface area contributed by atoms with E-state index in [2.05, 4.69) is 61.4 Å². The van der Waals surface area contributed by atoms with Crippen LogP contribution < -0.4 is 0 Å². The molecule has 34 heavy (non-hydrogen) atoms. The first-order chi connectivity index (χ1) is 16.5. The summed E-state index contributed by atoms with van der Waals surface area (Å²) in [6, 6.07) is 16.0. The maximum atomic E-state index is 13.9. The molecule has 0 atom stereocenters. The van der Waals surface area contributed by atoms with Crippen LogP contribution in [0.5, 0.6) is 0 Å². The summed E-state index contributed by atoms with van der Waals surface area (Å²) in [7, 11) is 0. The Morgan fingerprint density at radius 2 is 1.68 bits per heavy atom. The zero-order valence-corrected chi connectivity index (χ0v) is 21.6. The monoisotopic (exact) mass is 463 g/mol. The minimum absolute atomic E-state index is 0.218. The third kappa shape index (κ3) is 7.80. The number of aromatic nitrogens is 2. The summed E-state index contributed by atoms with van der Waals surface area (Å²) in [6.07, 6.45) is 8.98. The molecule has 0 aliphatic carbocycles. The Hall–Kier alpha value is -2.46. The molecule has 0 unspecified atom stereocenters. The van der Waals surface area contributed by atoms with Crippen molar-refractivity contribution in [3.8, 4) is 11.4 Å².